The second-order valence-electron chi connectivity index (χ2n) is 6.50. The lowest BCUT2D eigenvalue weighted by atomic mass is 9.95. The van der Waals surface area contributed by atoms with Crippen LogP contribution in [0, 0.1) is 6.92 Å². The molecule has 0 amide bonds. The van der Waals surface area contributed by atoms with E-state index in [0.29, 0.717) is 25.4 Å². The Morgan fingerprint density at radius 1 is 1.04 bits per heavy atom. The summed E-state index contributed by atoms with van der Waals surface area (Å²) in [5.74, 6) is 0.787. The summed E-state index contributed by atoms with van der Waals surface area (Å²) in [5.41, 5.74) is 2.91. The molecule has 2 aromatic rings. The van der Waals surface area contributed by atoms with Crippen LogP contribution in [0.25, 0.3) is 0 Å². The number of hydrogen-bond acceptors (Lipinski definition) is 6. The van der Waals surface area contributed by atoms with Gasteiger partial charge in [-0.1, -0.05) is 6.07 Å². The van der Waals surface area contributed by atoms with Gasteiger partial charge in [0, 0.05) is 17.8 Å². The molecule has 26 heavy (non-hydrogen) atoms. The molecule has 8 heteroatoms. The molecule has 0 bridgehead atoms. The first-order valence-electron chi connectivity index (χ1n) is 8.82. The maximum absolute atomic E-state index is 12.9. The Labute approximate surface area is 152 Å². The average Bonchev–Trinajstić information content (AvgIpc) is 2.86. The summed E-state index contributed by atoms with van der Waals surface area (Å²) >= 11 is 0. The molecule has 0 fully saturated rings. The fraction of sp³-hybridized carbons (Fsp3) is 0.444. The van der Waals surface area contributed by atoms with Gasteiger partial charge in [0.15, 0.2) is 11.5 Å². The van der Waals surface area contributed by atoms with Gasteiger partial charge in [-0.05, 0) is 50.3 Å². The fourth-order valence-electron chi connectivity index (χ4n) is 3.38. The molecule has 1 N–H and O–H groups in total. The van der Waals surface area contributed by atoms with Crippen LogP contribution in [0.5, 0.6) is 11.5 Å². The predicted molar refractivity (Wildman–Crippen MR) is 96.3 cm³/mol. The number of nitrogens with one attached hydrogen (secondary N) is 1. The van der Waals surface area contributed by atoms with E-state index in [1.807, 2.05) is 6.92 Å². The first-order chi connectivity index (χ1) is 12.5. The van der Waals surface area contributed by atoms with Crippen LogP contribution in [0.3, 0.4) is 0 Å². The molecule has 2 aliphatic rings. The largest absolute Gasteiger partial charge is 0.490 e. The number of fused-ring (bicyclic) bond motifs is 2. The minimum Gasteiger partial charge on any atom is -0.490 e. The molecule has 0 saturated carbocycles. The van der Waals surface area contributed by atoms with Gasteiger partial charge >= 0.3 is 0 Å². The highest BCUT2D eigenvalue weighted by atomic mass is 32.2. The molecule has 0 unspecified atom stereocenters. The molecule has 0 spiro atoms. The summed E-state index contributed by atoms with van der Waals surface area (Å²) in [6.07, 6.45) is 4.69. The van der Waals surface area contributed by atoms with Gasteiger partial charge in [-0.2, -0.15) is 0 Å². The van der Waals surface area contributed by atoms with Gasteiger partial charge in [0.05, 0.1) is 13.2 Å². The highest BCUT2D eigenvalue weighted by Crippen LogP contribution is 2.36. The number of nitrogens with zero attached hydrogens (tertiary/aromatic N) is 2. The molecule has 4 rings (SSSR count). The lowest BCUT2D eigenvalue weighted by Crippen LogP contribution is -2.19. The maximum atomic E-state index is 12.9. The number of aryl methyl sites for hydroxylation is 2. The van der Waals surface area contributed by atoms with Crippen molar-refractivity contribution < 1.29 is 17.9 Å². The Balaban J connectivity index is 1.70. The summed E-state index contributed by atoms with van der Waals surface area (Å²) in [6, 6.07) is 4.85. The topological polar surface area (TPSA) is 90.4 Å². The second-order valence-corrected chi connectivity index (χ2v) is 8.16. The Hall–Kier alpha value is -2.35. The fourth-order valence-corrected chi connectivity index (χ4v) is 4.48. The molecule has 2 heterocycles. The smallest absolute Gasteiger partial charge is 0.268 e. The molecule has 1 aliphatic carbocycles. The van der Waals surface area contributed by atoms with Crippen molar-refractivity contribution in [1.29, 1.82) is 0 Å². The number of aromatic nitrogens is 2. The third kappa shape index (κ3) is 3.21. The molecular weight excluding hydrogens is 354 g/mol. The molecule has 0 radical (unpaired) electrons. The first kappa shape index (κ1) is 17.1. The zero-order valence-electron chi connectivity index (χ0n) is 14.6. The van der Waals surface area contributed by atoms with E-state index in [0.717, 1.165) is 42.6 Å². The number of para-hydroxylation sites is 1. The van der Waals surface area contributed by atoms with E-state index >= 15 is 0 Å². The van der Waals surface area contributed by atoms with E-state index in [2.05, 4.69) is 14.7 Å². The van der Waals surface area contributed by atoms with E-state index in [1.54, 1.807) is 12.1 Å². The van der Waals surface area contributed by atoms with Gasteiger partial charge in [-0.15, -0.1) is 0 Å². The van der Waals surface area contributed by atoms with Crippen molar-refractivity contribution >= 4 is 16.0 Å². The van der Waals surface area contributed by atoms with Crippen LogP contribution >= 0.6 is 0 Å². The van der Waals surface area contributed by atoms with Crippen molar-refractivity contribution in [3.63, 3.8) is 0 Å². The first-order valence-corrected chi connectivity index (χ1v) is 10.3. The molecule has 0 atom stereocenters. The van der Waals surface area contributed by atoms with Gasteiger partial charge in [0.2, 0.25) is 5.95 Å². The summed E-state index contributed by atoms with van der Waals surface area (Å²) < 4.78 is 39.6. The molecule has 1 aromatic heterocycles. The van der Waals surface area contributed by atoms with Crippen molar-refractivity contribution in [3.05, 3.63) is 35.2 Å². The second kappa shape index (κ2) is 6.75. The highest BCUT2D eigenvalue weighted by Gasteiger charge is 2.26. The van der Waals surface area contributed by atoms with Crippen LogP contribution in [-0.4, -0.2) is 31.6 Å². The monoisotopic (exact) mass is 375 g/mol. The number of benzene rings is 1. The van der Waals surface area contributed by atoms with Crippen LogP contribution in [0.4, 0.5) is 5.95 Å². The molecule has 0 saturated heterocycles. The van der Waals surface area contributed by atoms with Crippen LogP contribution in [0.1, 0.15) is 36.2 Å². The SMILES string of the molecule is Cc1nc(NS(=O)(=O)c2cccc3c2OCCCO3)nc2c1CCCC2. The third-order valence-electron chi connectivity index (χ3n) is 4.64. The van der Waals surface area contributed by atoms with Crippen LogP contribution in [-0.2, 0) is 22.9 Å². The van der Waals surface area contributed by atoms with Crippen molar-refractivity contribution in [2.24, 2.45) is 0 Å². The number of hydrogen-bond donors (Lipinski definition) is 1. The van der Waals surface area contributed by atoms with Gasteiger partial charge < -0.3 is 9.47 Å². The number of ether oxygens (including phenoxy) is 2. The van der Waals surface area contributed by atoms with Gasteiger partial charge in [-0.3, -0.25) is 0 Å². The minimum atomic E-state index is -3.89. The lowest BCUT2D eigenvalue weighted by Gasteiger charge is -2.18. The molecular formula is C18H21N3O4S. The van der Waals surface area contributed by atoms with Crippen molar-refractivity contribution in [2.45, 2.75) is 43.9 Å². The van der Waals surface area contributed by atoms with Crippen LogP contribution < -0.4 is 14.2 Å². The number of sulfonamides is 1. The Bertz CT molecular complexity index is 944. The summed E-state index contributed by atoms with van der Waals surface area (Å²) in [7, 11) is -3.89. The van der Waals surface area contributed by atoms with Crippen LogP contribution in [0.2, 0.25) is 0 Å². The van der Waals surface area contributed by atoms with Crippen molar-refractivity contribution in [1.82, 2.24) is 9.97 Å². The minimum absolute atomic E-state index is 0.0378. The van der Waals surface area contributed by atoms with Gasteiger partial charge in [-0.25, -0.2) is 23.1 Å². The van der Waals surface area contributed by atoms with Crippen molar-refractivity contribution in [2.75, 3.05) is 17.9 Å². The van der Waals surface area contributed by atoms with E-state index in [1.165, 1.54) is 6.07 Å². The standard InChI is InChI=1S/C18H21N3O4S/c1-12-13-6-2-3-7-14(13)20-18(19-12)21-26(22,23)16-9-4-8-15-17(16)25-11-5-10-24-15/h4,8-9H,2-3,5-7,10-11H2,1H3,(H,19,20,21). The van der Waals surface area contributed by atoms with Gasteiger partial charge in [0.25, 0.3) is 10.0 Å². The molecule has 1 aliphatic heterocycles. The van der Waals surface area contributed by atoms with Crippen LogP contribution in [0.15, 0.2) is 23.1 Å². The maximum Gasteiger partial charge on any atom is 0.268 e. The van der Waals surface area contributed by atoms with Crippen molar-refractivity contribution in [3.8, 4) is 11.5 Å². The normalized spacial score (nSPS) is 16.5. The lowest BCUT2D eigenvalue weighted by molar-refractivity contribution is 0.294. The zero-order valence-corrected chi connectivity index (χ0v) is 15.4. The Kier molecular flexibility index (Phi) is 4.44. The summed E-state index contributed by atoms with van der Waals surface area (Å²) in [5, 5.41) is 0. The third-order valence-corrected chi connectivity index (χ3v) is 5.99. The average molecular weight is 375 g/mol. The number of rotatable bonds is 3. The van der Waals surface area contributed by atoms with E-state index in [-0.39, 0.29) is 16.6 Å². The molecule has 1 aromatic carbocycles. The highest BCUT2D eigenvalue weighted by molar-refractivity contribution is 7.92. The molecule has 7 nitrogen and oxygen atoms in total. The van der Waals surface area contributed by atoms with E-state index in [9.17, 15) is 8.42 Å². The quantitative estimate of drug-likeness (QED) is 0.887. The Morgan fingerprint density at radius 2 is 1.85 bits per heavy atom. The summed E-state index contributed by atoms with van der Waals surface area (Å²) in [6.45, 7) is 2.81. The van der Waals surface area contributed by atoms with Gasteiger partial charge in [0.1, 0.15) is 4.90 Å². The Morgan fingerprint density at radius 3 is 2.73 bits per heavy atom. The number of anilines is 1. The predicted octanol–water partition coefficient (Wildman–Crippen LogP) is 2.63. The zero-order chi connectivity index (χ0) is 18.1. The summed E-state index contributed by atoms with van der Waals surface area (Å²) in [4.78, 5) is 8.83. The van der Waals surface area contributed by atoms with E-state index in [4.69, 9.17) is 9.47 Å². The van der Waals surface area contributed by atoms with E-state index < -0.39 is 10.0 Å². The molecule has 138 valence electrons.